The number of rotatable bonds is 9. The first-order valence-electron chi connectivity index (χ1n) is 9.10. The maximum absolute atomic E-state index is 12.3. The van der Waals surface area contributed by atoms with Gasteiger partial charge in [0.05, 0.1) is 5.92 Å². The van der Waals surface area contributed by atoms with Crippen LogP contribution in [-0.2, 0) is 14.0 Å². The Kier molecular flexibility index (Phi) is 8.09. The zero-order chi connectivity index (χ0) is 19.1. The van der Waals surface area contributed by atoms with Gasteiger partial charge < -0.3 is 9.16 Å². The molecule has 1 aromatic carbocycles. The SMILES string of the molecule is C=C[C@@H](CCCO[Si](C)(C)C(C)(C)C)OC(=O)[C@@H](C)c1ccccc1. The molecule has 4 heteroatoms. The van der Waals surface area contributed by atoms with Gasteiger partial charge in [0.1, 0.15) is 6.10 Å². The van der Waals surface area contributed by atoms with Crippen LogP contribution in [0.5, 0.6) is 0 Å². The summed E-state index contributed by atoms with van der Waals surface area (Å²) in [4.78, 5) is 12.3. The smallest absolute Gasteiger partial charge is 0.313 e. The van der Waals surface area contributed by atoms with Crippen molar-refractivity contribution in [1.29, 1.82) is 0 Å². The summed E-state index contributed by atoms with van der Waals surface area (Å²) >= 11 is 0. The average molecular weight is 363 g/mol. The number of hydrogen-bond acceptors (Lipinski definition) is 3. The number of carbonyl (C=O) groups is 1. The maximum atomic E-state index is 12.3. The predicted octanol–water partition coefficient (Wildman–Crippen LogP) is 5.69. The van der Waals surface area contributed by atoms with Crippen molar-refractivity contribution in [2.45, 2.75) is 70.7 Å². The van der Waals surface area contributed by atoms with E-state index < -0.39 is 8.32 Å². The highest BCUT2D eigenvalue weighted by Gasteiger charge is 2.36. The molecule has 0 bridgehead atoms. The van der Waals surface area contributed by atoms with E-state index in [4.69, 9.17) is 9.16 Å². The van der Waals surface area contributed by atoms with Gasteiger partial charge in [-0.05, 0) is 43.5 Å². The zero-order valence-electron chi connectivity index (χ0n) is 16.7. The topological polar surface area (TPSA) is 35.5 Å². The summed E-state index contributed by atoms with van der Waals surface area (Å²) in [5.41, 5.74) is 0.969. The molecule has 140 valence electrons. The number of ether oxygens (including phenoxy) is 1. The van der Waals surface area contributed by atoms with Gasteiger partial charge >= 0.3 is 5.97 Å². The number of benzene rings is 1. The molecule has 1 rings (SSSR count). The molecule has 0 heterocycles. The lowest BCUT2D eigenvalue weighted by Crippen LogP contribution is -2.41. The molecule has 0 aliphatic carbocycles. The van der Waals surface area contributed by atoms with Crippen LogP contribution in [0.1, 0.15) is 52.0 Å². The molecule has 0 unspecified atom stereocenters. The second-order valence-corrected chi connectivity index (χ2v) is 12.9. The number of hydrogen-bond donors (Lipinski definition) is 0. The molecule has 0 saturated carbocycles. The Labute approximate surface area is 154 Å². The van der Waals surface area contributed by atoms with Gasteiger partial charge in [0, 0.05) is 6.61 Å². The average Bonchev–Trinajstić information content (AvgIpc) is 2.56. The maximum Gasteiger partial charge on any atom is 0.313 e. The van der Waals surface area contributed by atoms with Crippen LogP contribution in [0.4, 0.5) is 0 Å². The standard InChI is InChI=1S/C21H34O3Si/c1-8-19(15-12-16-23-25(6,7)21(3,4)5)24-20(22)17(2)18-13-10-9-11-14-18/h8-11,13-14,17,19H,1,12,15-16H2,2-7H3/t17-,19-/m0/s1. The molecule has 25 heavy (non-hydrogen) atoms. The highest BCUT2D eigenvalue weighted by molar-refractivity contribution is 6.74. The minimum atomic E-state index is -1.71. The van der Waals surface area contributed by atoms with Crippen molar-refractivity contribution in [3.63, 3.8) is 0 Å². The van der Waals surface area contributed by atoms with E-state index >= 15 is 0 Å². The van der Waals surface area contributed by atoms with Crippen molar-refractivity contribution in [2.24, 2.45) is 0 Å². The molecule has 2 atom stereocenters. The van der Waals surface area contributed by atoms with Crippen LogP contribution in [0.3, 0.4) is 0 Å². The Morgan fingerprint density at radius 1 is 1.24 bits per heavy atom. The first-order chi connectivity index (χ1) is 11.6. The fraction of sp³-hybridized carbons (Fsp3) is 0.571. The van der Waals surface area contributed by atoms with Gasteiger partial charge in [-0.15, -0.1) is 0 Å². The second-order valence-electron chi connectivity index (χ2n) is 8.09. The van der Waals surface area contributed by atoms with E-state index in [9.17, 15) is 4.79 Å². The van der Waals surface area contributed by atoms with E-state index in [2.05, 4.69) is 40.4 Å². The highest BCUT2D eigenvalue weighted by atomic mass is 28.4. The Morgan fingerprint density at radius 3 is 2.36 bits per heavy atom. The van der Waals surface area contributed by atoms with Gasteiger partial charge in [-0.2, -0.15) is 0 Å². The molecule has 0 fully saturated rings. The Balaban J connectivity index is 2.44. The molecule has 0 aliphatic heterocycles. The third kappa shape index (κ3) is 6.79. The molecular formula is C21H34O3Si. The summed E-state index contributed by atoms with van der Waals surface area (Å²) in [6.07, 6.45) is 3.05. The summed E-state index contributed by atoms with van der Waals surface area (Å²) in [7, 11) is -1.71. The molecule has 0 radical (unpaired) electrons. The van der Waals surface area contributed by atoms with Crippen LogP contribution in [-0.4, -0.2) is 27.0 Å². The van der Waals surface area contributed by atoms with E-state index in [0.717, 1.165) is 18.4 Å². The summed E-state index contributed by atoms with van der Waals surface area (Å²) in [5.74, 6) is -0.478. The summed E-state index contributed by atoms with van der Waals surface area (Å²) in [5, 5.41) is 0.211. The van der Waals surface area contributed by atoms with E-state index in [1.807, 2.05) is 37.3 Å². The van der Waals surface area contributed by atoms with Crippen LogP contribution in [0.2, 0.25) is 18.1 Å². The fourth-order valence-corrected chi connectivity index (χ4v) is 3.27. The molecule has 0 saturated heterocycles. The van der Waals surface area contributed by atoms with Crippen LogP contribution in [0.15, 0.2) is 43.0 Å². The number of carbonyl (C=O) groups excluding carboxylic acids is 1. The van der Waals surface area contributed by atoms with Gasteiger partial charge in [0.15, 0.2) is 8.32 Å². The molecular weight excluding hydrogens is 328 g/mol. The summed E-state index contributed by atoms with van der Waals surface area (Å²) in [6.45, 7) is 17.6. The van der Waals surface area contributed by atoms with E-state index in [1.54, 1.807) is 6.08 Å². The lowest BCUT2D eigenvalue weighted by Gasteiger charge is -2.36. The fourth-order valence-electron chi connectivity index (χ4n) is 2.18. The highest BCUT2D eigenvalue weighted by Crippen LogP contribution is 2.36. The molecule has 0 aliphatic rings. The minimum Gasteiger partial charge on any atom is -0.458 e. The summed E-state index contributed by atoms with van der Waals surface area (Å²) in [6, 6.07) is 9.70. The van der Waals surface area contributed by atoms with Gasteiger partial charge in [0.25, 0.3) is 0 Å². The van der Waals surface area contributed by atoms with Gasteiger partial charge in [-0.25, -0.2) is 0 Å². The zero-order valence-corrected chi connectivity index (χ0v) is 17.7. The molecule has 0 N–H and O–H groups in total. The molecule has 3 nitrogen and oxygen atoms in total. The first kappa shape index (κ1) is 21.6. The van der Waals surface area contributed by atoms with Gasteiger partial charge in [-0.1, -0.05) is 63.8 Å². The van der Waals surface area contributed by atoms with Crippen molar-refractivity contribution in [3.8, 4) is 0 Å². The lowest BCUT2D eigenvalue weighted by molar-refractivity contribution is -0.148. The number of esters is 1. The Morgan fingerprint density at radius 2 is 1.84 bits per heavy atom. The molecule has 0 aromatic heterocycles. The quantitative estimate of drug-likeness (QED) is 0.245. The van der Waals surface area contributed by atoms with Gasteiger partial charge in [0.2, 0.25) is 0 Å². The Hall–Kier alpha value is -1.39. The second kappa shape index (κ2) is 9.34. The predicted molar refractivity (Wildman–Crippen MR) is 107 cm³/mol. The summed E-state index contributed by atoms with van der Waals surface area (Å²) < 4.78 is 11.8. The van der Waals surface area contributed by atoms with Crippen LogP contribution in [0, 0.1) is 0 Å². The molecule has 1 aromatic rings. The molecule has 0 amide bonds. The van der Waals surface area contributed by atoms with Crippen molar-refractivity contribution in [1.82, 2.24) is 0 Å². The van der Waals surface area contributed by atoms with Crippen LogP contribution >= 0.6 is 0 Å². The minimum absolute atomic E-state index is 0.207. The third-order valence-electron chi connectivity index (χ3n) is 5.09. The lowest BCUT2D eigenvalue weighted by atomic mass is 10.0. The Bertz CT molecular complexity index is 546. The first-order valence-corrected chi connectivity index (χ1v) is 12.0. The van der Waals surface area contributed by atoms with Crippen molar-refractivity contribution < 1.29 is 14.0 Å². The largest absolute Gasteiger partial charge is 0.458 e. The van der Waals surface area contributed by atoms with E-state index in [-0.39, 0.29) is 23.0 Å². The van der Waals surface area contributed by atoms with Crippen LogP contribution in [0.25, 0.3) is 0 Å². The normalized spacial score (nSPS) is 14.6. The van der Waals surface area contributed by atoms with Crippen molar-refractivity contribution >= 4 is 14.3 Å². The monoisotopic (exact) mass is 362 g/mol. The van der Waals surface area contributed by atoms with Crippen LogP contribution < -0.4 is 0 Å². The van der Waals surface area contributed by atoms with Crippen molar-refractivity contribution in [2.75, 3.05) is 6.61 Å². The van der Waals surface area contributed by atoms with E-state index in [1.165, 1.54) is 0 Å². The van der Waals surface area contributed by atoms with Crippen molar-refractivity contribution in [3.05, 3.63) is 48.6 Å². The van der Waals surface area contributed by atoms with E-state index in [0.29, 0.717) is 6.61 Å². The van der Waals surface area contributed by atoms with Gasteiger partial charge in [-0.3, -0.25) is 4.79 Å². The third-order valence-corrected chi connectivity index (χ3v) is 9.62. The molecule has 0 spiro atoms.